The Labute approximate surface area is 77.0 Å². The van der Waals surface area contributed by atoms with Gasteiger partial charge >= 0.3 is 0 Å². The molecule has 0 aliphatic rings. The average molecular weight is 179 g/mol. The molecular formula is C9H13N3O. The number of primary amides is 1. The number of nitrogens with zero attached hydrogens (tertiary/aromatic N) is 1. The zero-order valence-corrected chi connectivity index (χ0v) is 7.53. The second-order valence-corrected chi connectivity index (χ2v) is 3.01. The molecule has 1 heterocycles. The highest BCUT2D eigenvalue weighted by Gasteiger charge is 2.11. The van der Waals surface area contributed by atoms with Gasteiger partial charge in [-0.3, -0.25) is 9.78 Å². The molecule has 0 fully saturated rings. The fraction of sp³-hybridized carbons (Fsp3) is 0.333. The molecule has 0 radical (unpaired) electrons. The van der Waals surface area contributed by atoms with Gasteiger partial charge in [-0.2, -0.15) is 0 Å². The van der Waals surface area contributed by atoms with Crippen LogP contribution in [0.1, 0.15) is 23.6 Å². The highest BCUT2D eigenvalue weighted by Crippen LogP contribution is 2.16. The minimum atomic E-state index is -0.393. The first-order valence-electron chi connectivity index (χ1n) is 4.05. The van der Waals surface area contributed by atoms with Crippen molar-refractivity contribution in [3.05, 3.63) is 29.6 Å². The molecule has 0 bridgehead atoms. The predicted molar refractivity (Wildman–Crippen MR) is 49.7 cm³/mol. The third kappa shape index (κ3) is 2.52. The molecule has 13 heavy (non-hydrogen) atoms. The quantitative estimate of drug-likeness (QED) is 0.698. The summed E-state index contributed by atoms with van der Waals surface area (Å²) in [5.74, 6) is -0.393. The Morgan fingerprint density at radius 2 is 2.38 bits per heavy atom. The zero-order chi connectivity index (χ0) is 9.84. The highest BCUT2D eigenvalue weighted by atomic mass is 16.1. The van der Waals surface area contributed by atoms with Crippen LogP contribution in [0.4, 0.5) is 0 Å². The summed E-state index contributed by atoms with van der Waals surface area (Å²) in [7, 11) is 0. The van der Waals surface area contributed by atoms with Crippen molar-refractivity contribution in [2.24, 2.45) is 11.5 Å². The van der Waals surface area contributed by atoms with Gasteiger partial charge in [0.05, 0.1) is 0 Å². The van der Waals surface area contributed by atoms with Gasteiger partial charge in [0.25, 0.3) is 0 Å². The molecule has 70 valence electrons. The summed E-state index contributed by atoms with van der Waals surface area (Å²) in [4.78, 5) is 14.6. The minimum Gasteiger partial charge on any atom is -0.370 e. The topological polar surface area (TPSA) is 82.0 Å². The van der Waals surface area contributed by atoms with E-state index >= 15 is 0 Å². The number of aryl methyl sites for hydroxylation is 1. The van der Waals surface area contributed by atoms with E-state index in [-0.39, 0.29) is 12.5 Å². The number of aromatic nitrogens is 1. The first-order valence-corrected chi connectivity index (χ1v) is 4.05. The van der Waals surface area contributed by atoms with Crippen LogP contribution in [0.3, 0.4) is 0 Å². The van der Waals surface area contributed by atoms with E-state index < -0.39 is 5.91 Å². The standard InChI is InChI=1S/C9H13N3O/c1-6-2-3-12-5-7(6)8(10)4-9(11)13/h2-3,5,8H,4,10H2,1H3,(H2,11,13)/t8-/m0/s1. The van der Waals surface area contributed by atoms with E-state index in [4.69, 9.17) is 11.5 Å². The number of carbonyl (C=O) groups is 1. The number of nitrogens with two attached hydrogens (primary N) is 2. The molecule has 4 nitrogen and oxygen atoms in total. The van der Waals surface area contributed by atoms with E-state index in [0.717, 1.165) is 11.1 Å². The molecule has 1 atom stereocenters. The van der Waals surface area contributed by atoms with Crippen molar-refractivity contribution in [3.8, 4) is 0 Å². The minimum absolute atomic E-state index is 0.159. The van der Waals surface area contributed by atoms with Gasteiger partial charge in [-0.15, -0.1) is 0 Å². The van der Waals surface area contributed by atoms with Crippen LogP contribution in [-0.2, 0) is 4.79 Å². The van der Waals surface area contributed by atoms with Gasteiger partial charge in [-0.05, 0) is 24.1 Å². The molecular weight excluding hydrogens is 166 g/mol. The van der Waals surface area contributed by atoms with Crippen LogP contribution in [0.2, 0.25) is 0 Å². The fourth-order valence-corrected chi connectivity index (χ4v) is 1.19. The van der Waals surface area contributed by atoms with Gasteiger partial charge in [-0.25, -0.2) is 0 Å². The van der Waals surface area contributed by atoms with E-state index in [1.165, 1.54) is 0 Å². The maximum atomic E-state index is 10.6. The second kappa shape index (κ2) is 4.00. The van der Waals surface area contributed by atoms with Crippen molar-refractivity contribution in [3.63, 3.8) is 0 Å². The van der Waals surface area contributed by atoms with Crippen molar-refractivity contribution in [2.75, 3.05) is 0 Å². The van der Waals surface area contributed by atoms with Crippen LogP contribution in [0.25, 0.3) is 0 Å². The summed E-state index contributed by atoms with van der Waals surface area (Å²) in [5.41, 5.74) is 12.7. The van der Waals surface area contributed by atoms with Gasteiger partial charge in [0.2, 0.25) is 5.91 Å². The molecule has 0 aliphatic heterocycles. The van der Waals surface area contributed by atoms with Crippen LogP contribution in [0.15, 0.2) is 18.5 Å². The Balaban J connectivity index is 2.82. The molecule has 0 spiro atoms. The van der Waals surface area contributed by atoms with Crippen molar-refractivity contribution < 1.29 is 4.79 Å². The first-order chi connectivity index (χ1) is 6.11. The van der Waals surface area contributed by atoms with Gasteiger partial charge in [-0.1, -0.05) is 0 Å². The largest absolute Gasteiger partial charge is 0.370 e. The molecule has 1 amide bonds. The summed E-state index contributed by atoms with van der Waals surface area (Å²) in [6.07, 6.45) is 3.52. The first kappa shape index (κ1) is 9.67. The molecule has 0 saturated heterocycles. The number of hydrogen-bond acceptors (Lipinski definition) is 3. The van der Waals surface area contributed by atoms with Crippen molar-refractivity contribution in [1.82, 2.24) is 4.98 Å². The Hall–Kier alpha value is -1.42. The third-order valence-electron chi connectivity index (χ3n) is 1.90. The van der Waals surface area contributed by atoms with Gasteiger partial charge < -0.3 is 11.5 Å². The maximum Gasteiger partial charge on any atom is 0.219 e. The van der Waals surface area contributed by atoms with Crippen LogP contribution in [0, 0.1) is 6.92 Å². The smallest absolute Gasteiger partial charge is 0.219 e. The molecule has 0 saturated carbocycles. The molecule has 1 rings (SSSR count). The Morgan fingerprint density at radius 3 is 2.92 bits per heavy atom. The second-order valence-electron chi connectivity index (χ2n) is 3.01. The summed E-state index contributed by atoms with van der Waals surface area (Å²) in [6, 6.07) is 1.52. The van der Waals surface area contributed by atoms with Crippen LogP contribution < -0.4 is 11.5 Å². The van der Waals surface area contributed by atoms with E-state index in [1.807, 2.05) is 13.0 Å². The lowest BCUT2D eigenvalue weighted by Gasteiger charge is -2.11. The highest BCUT2D eigenvalue weighted by molar-refractivity contribution is 5.74. The molecule has 4 N–H and O–H groups in total. The van der Waals surface area contributed by atoms with Crippen molar-refractivity contribution in [1.29, 1.82) is 0 Å². The number of rotatable bonds is 3. The summed E-state index contributed by atoms with van der Waals surface area (Å²) in [5, 5.41) is 0. The lowest BCUT2D eigenvalue weighted by Crippen LogP contribution is -2.21. The summed E-state index contributed by atoms with van der Waals surface area (Å²) in [6.45, 7) is 1.93. The summed E-state index contributed by atoms with van der Waals surface area (Å²) >= 11 is 0. The number of hydrogen-bond donors (Lipinski definition) is 2. The normalized spacial score (nSPS) is 12.5. The Kier molecular flexibility index (Phi) is 2.97. The third-order valence-corrected chi connectivity index (χ3v) is 1.90. The monoisotopic (exact) mass is 179 g/mol. The van der Waals surface area contributed by atoms with Gasteiger partial charge in [0.1, 0.15) is 0 Å². The molecule has 4 heteroatoms. The Morgan fingerprint density at radius 1 is 1.69 bits per heavy atom. The summed E-state index contributed by atoms with van der Waals surface area (Å²) < 4.78 is 0. The zero-order valence-electron chi connectivity index (χ0n) is 7.53. The van der Waals surface area contributed by atoms with Gasteiger partial charge in [0, 0.05) is 24.9 Å². The van der Waals surface area contributed by atoms with E-state index in [9.17, 15) is 4.79 Å². The van der Waals surface area contributed by atoms with Crippen molar-refractivity contribution >= 4 is 5.91 Å². The molecule has 1 aromatic heterocycles. The molecule has 0 aliphatic carbocycles. The number of amides is 1. The van der Waals surface area contributed by atoms with Crippen LogP contribution in [0.5, 0.6) is 0 Å². The molecule has 0 unspecified atom stereocenters. The lowest BCUT2D eigenvalue weighted by molar-refractivity contribution is -0.118. The average Bonchev–Trinajstić information content (AvgIpc) is 2.03. The SMILES string of the molecule is Cc1ccncc1[C@@H](N)CC(N)=O. The van der Waals surface area contributed by atoms with Crippen molar-refractivity contribution in [2.45, 2.75) is 19.4 Å². The van der Waals surface area contributed by atoms with Crippen LogP contribution >= 0.6 is 0 Å². The number of carbonyl (C=O) groups excluding carboxylic acids is 1. The fourth-order valence-electron chi connectivity index (χ4n) is 1.19. The van der Waals surface area contributed by atoms with E-state index in [2.05, 4.69) is 4.98 Å². The molecule has 0 aromatic carbocycles. The van der Waals surface area contributed by atoms with E-state index in [0.29, 0.717) is 0 Å². The maximum absolute atomic E-state index is 10.6. The Bertz CT molecular complexity index is 311. The van der Waals surface area contributed by atoms with Crippen LogP contribution in [-0.4, -0.2) is 10.9 Å². The number of pyridine rings is 1. The van der Waals surface area contributed by atoms with Gasteiger partial charge in [0.15, 0.2) is 0 Å². The van der Waals surface area contributed by atoms with E-state index in [1.54, 1.807) is 12.4 Å². The lowest BCUT2D eigenvalue weighted by atomic mass is 10.0. The predicted octanol–water partition coefficient (Wildman–Crippen LogP) is 0.265. The molecule has 1 aromatic rings.